The molecule has 0 atom stereocenters. The second-order valence-electron chi connectivity index (χ2n) is 4.24. The van der Waals surface area contributed by atoms with E-state index in [-0.39, 0.29) is 6.01 Å². The molecule has 0 spiro atoms. The number of piperidine rings is 1. The molecule has 0 radical (unpaired) electrons. The number of rotatable bonds is 5. The van der Waals surface area contributed by atoms with Crippen molar-refractivity contribution < 1.29 is 9.47 Å². The summed E-state index contributed by atoms with van der Waals surface area (Å²) in [6.45, 7) is 4.07. The molecule has 2 rings (SSSR count). The van der Waals surface area contributed by atoms with Crippen LogP contribution in [0.3, 0.4) is 0 Å². The number of nitrogens with zero attached hydrogens (tertiary/aromatic N) is 4. The molecule has 8 nitrogen and oxygen atoms in total. The number of nitrogens with two attached hydrogens (primary N) is 1. The first-order chi connectivity index (χ1) is 9.26. The molecule has 2 heterocycles. The Hall–Kier alpha value is -1.67. The molecular formula is C11H20N6O2. The molecule has 8 heteroatoms. The van der Waals surface area contributed by atoms with Gasteiger partial charge in [-0.3, -0.25) is 5.43 Å². The van der Waals surface area contributed by atoms with E-state index in [2.05, 4.69) is 25.3 Å². The maximum Gasteiger partial charge on any atom is 0.323 e. The van der Waals surface area contributed by atoms with Crippen LogP contribution >= 0.6 is 0 Å². The molecule has 1 aromatic rings. The van der Waals surface area contributed by atoms with Gasteiger partial charge in [-0.15, -0.1) is 0 Å². The number of hydrogen-bond acceptors (Lipinski definition) is 8. The summed E-state index contributed by atoms with van der Waals surface area (Å²) in [5.74, 6) is 6.25. The van der Waals surface area contributed by atoms with E-state index >= 15 is 0 Å². The summed E-state index contributed by atoms with van der Waals surface area (Å²) >= 11 is 0. The van der Waals surface area contributed by atoms with Gasteiger partial charge in [-0.2, -0.15) is 15.0 Å². The van der Waals surface area contributed by atoms with Gasteiger partial charge in [0.15, 0.2) is 0 Å². The summed E-state index contributed by atoms with van der Waals surface area (Å²) in [4.78, 5) is 14.7. The number of nitrogens with one attached hydrogen (secondary N) is 1. The van der Waals surface area contributed by atoms with Crippen molar-refractivity contribution in [2.75, 3.05) is 37.1 Å². The first kappa shape index (κ1) is 13.8. The number of methoxy groups -OCH3 is 1. The topological polar surface area (TPSA) is 98.4 Å². The largest absolute Gasteiger partial charge is 0.464 e. The molecule has 1 saturated heterocycles. The molecular weight excluding hydrogens is 248 g/mol. The molecule has 0 aromatic carbocycles. The Morgan fingerprint density at radius 2 is 2.05 bits per heavy atom. The van der Waals surface area contributed by atoms with E-state index in [1.807, 2.05) is 6.92 Å². The second-order valence-corrected chi connectivity index (χ2v) is 4.24. The van der Waals surface area contributed by atoms with Crippen LogP contribution in [0.5, 0.6) is 6.01 Å². The summed E-state index contributed by atoms with van der Waals surface area (Å²) in [7, 11) is 1.74. The molecule has 0 bridgehead atoms. The second kappa shape index (κ2) is 6.48. The fraction of sp³-hybridized carbons (Fsp3) is 0.727. The maximum atomic E-state index is 5.36. The fourth-order valence-electron chi connectivity index (χ4n) is 2.04. The number of hydrazine groups is 1. The average Bonchev–Trinajstić information content (AvgIpc) is 2.47. The van der Waals surface area contributed by atoms with Gasteiger partial charge >= 0.3 is 6.01 Å². The molecule has 0 amide bonds. The Morgan fingerprint density at radius 1 is 1.32 bits per heavy atom. The normalized spacial score (nSPS) is 16.5. The van der Waals surface area contributed by atoms with Gasteiger partial charge in [0.1, 0.15) is 0 Å². The highest BCUT2D eigenvalue weighted by Crippen LogP contribution is 2.20. The van der Waals surface area contributed by atoms with Crippen LogP contribution in [0.1, 0.15) is 19.8 Å². The van der Waals surface area contributed by atoms with Gasteiger partial charge in [-0.25, -0.2) is 5.84 Å². The van der Waals surface area contributed by atoms with Crippen molar-refractivity contribution in [1.29, 1.82) is 0 Å². The number of ether oxygens (including phenoxy) is 2. The lowest BCUT2D eigenvalue weighted by Crippen LogP contribution is -2.37. The van der Waals surface area contributed by atoms with Crippen molar-refractivity contribution in [2.45, 2.75) is 25.9 Å². The van der Waals surface area contributed by atoms with E-state index in [4.69, 9.17) is 15.3 Å². The molecule has 1 aromatic heterocycles. The molecule has 0 unspecified atom stereocenters. The fourth-order valence-corrected chi connectivity index (χ4v) is 2.04. The Bertz CT molecular complexity index is 408. The monoisotopic (exact) mass is 268 g/mol. The smallest absolute Gasteiger partial charge is 0.323 e. The molecule has 0 aliphatic carbocycles. The zero-order valence-electron chi connectivity index (χ0n) is 11.3. The molecule has 3 N–H and O–H groups in total. The van der Waals surface area contributed by atoms with E-state index in [0.29, 0.717) is 24.6 Å². The number of anilines is 2. The highest BCUT2D eigenvalue weighted by molar-refractivity contribution is 5.38. The van der Waals surface area contributed by atoms with Gasteiger partial charge < -0.3 is 14.4 Å². The van der Waals surface area contributed by atoms with Crippen LogP contribution in [-0.2, 0) is 4.74 Å². The minimum absolute atomic E-state index is 0.286. The summed E-state index contributed by atoms with van der Waals surface area (Å²) in [6, 6.07) is 0.286. The van der Waals surface area contributed by atoms with E-state index in [9.17, 15) is 0 Å². The van der Waals surface area contributed by atoms with Crippen LogP contribution in [0.4, 0.5) is 11.9 Å². The van der Waals surface area contributed by atoms with Crippen LogP contribution in [0.15, 0.2) is 0 Å². The molecule has 1 aliphatic heterocycles. The molecule has 0 saturated carbocycles. The quantitative estimate of drug-likeness (QED) is 0.576. The third-order valence-electron chi connectivity index (χ3n) is 3.06. The third kappa shape index (κ3) is 3.42. The van der Waals surface area contributed by atoms with Crippen LogP contribution in [-0.4, -0.2) is 47.9 Å². The minimum atomic E-state index is 0.286. The minimum Gasteiger partial charge on any atom is -0.464 e. The summed E-state index contributed by atoms with van der Waals surface area (Å²) < 4.78 is 10.7. The van der Waals surface area contributed by atoms with Gasteiger partial charge in [0.2, 0.25) is 11.9 Å². The zero-order valence-corrected chi connectivity index (χ0v) is 11.3. The van der Waals surface area contributed by atoms with Gasteiger partial charge in [0.25, 0.3) is 0 Å². The van der Waals surface area contributed by atoms with E-state index < -0.39 is 0 Å². The van der Waals surface area contributed by atoms with Gasteiger partial charge in [0.05, 0.1) is 12.7 Å². The van der Waals surface area contributed by atoms with Crippen molar-refractivity contribution in [3.63, 3.8) is 0 Å². The van der Waals surface area contributed by atoms with Crippen LogP contribution < -0.4 is 20.9 Å². The SMILES string of the molecule is CCOc1nc(NN)nc(N2CCC(OC)CC2)n1. The average molecular weight is 268 g/mol. The first-order valence-electron chi connectivity index (χ1n) is 6.40. The van der Waals surface area contributed by atoms with E-state index in [0.717, 1.165) is 25.9 Å². The summed E-state index contributed by atoms with van der Waals surface area (Å²) in [5.41, 5.74) is 2.43. The molecule has 1 fully saturated rings. The Labute approximate surface area is 112 Å². The van der Waals surface area contributed by atoms with Crippen LogP contribution in [0.2, 0.25) is 0 Å². The van der Waals surface area contributed by atoms with Crippen molar-refractivity contribution in [3.8, 4) is 6.01 Å². The van der Waals surface area contributed by atoms with Crippen LogP contribution in [0.25, 0.3) is 0 Å². The number of hydrogen-bond donors (Lipinski definition) is 2. The Morgan fingerprint density at radius 3 is 2.63 bits per heavy atom. The third-order valence-corrected chi connectivity index (χ3v) is 3.06. The molecule has 106 valence electrons. The standard InChI is InChI=1S/C11H20N6O2/c1-3-19-11-14-9(16-12)13-10(15-11)17-6-4-8(18-2)5-7-17/h8H,3-7,12H2,1-2H3,(H,13,14,15,16). The van der Waals surface area contributed by atoms with E-state index in [1.165, 1.54) is 0 Å². The zero-order chi connectivity index (χ0) is 13.7. The number of aromatic nitrogens is 3. The highest BCUT2D eigenvalue weighted by Gasteiger charge is 2.21. The predicted octanol–water partition coefficient (Wildman–Crippen LogP) is 0.171. The maximum absolute atomic E-state index is 5.36. The lowest BCUT2D eigenvalue weighted by molar-refractivity contribution is 0.0816. The first-order valence-corrected chi connectivity index (χ1v) is 6.40. The van der Waals surface area contributed by atoms with Crippen molar-refractivity contribution in [2.24, 2.45) is 5.84 Å². The summed E-state index contributed by atoms with van der Waals surface area (Å²) in [6.07, 6.45) is 2.23. The molecule has 1 aliphatic rings. The van der Waals surface area contributed by atoms with Gasteiger partial charge in [-0.05, 0) is 19.8 Å². The Balaban J connectivity index is 2.12. The van der Waals surface area contributed by atoms with Crippen molar-refractivity contribution in [1.82, 2.24) is 15.0 Å². The van der Waals surface area contributed by atoms with Crippen LogP contribution in [0, 0.1) is 0 Å². The lowest BCUT2D eigenvalue weighted by Gasteiger charge is -2.31. The lowest BCUT2D eigenvalue weighted by atomic mass is 10.1. The van der Waals surface area contributed by atoms with Gasteiger partial charge in [0, 0.05) is 20.2 Å². The number of nitrogen functional groups attached to an aromatic ring is 1. The molecule has 19 heavy (non-hydrogen) atoms. The van der Waals surface area contributed by atoms with Gasteiger partial charge in [-0.1, -0.05) is 0 Å². The predicted molar refractivity (Wildman–Crippen MR) is 71.1 cm³/mol. The van der Waals surface area contributed by atoms with Crippen molar-refractivity contribution in [3.05, 3.63) is 0 Å². The Kier molecular flexibility index (Phi) is 4.69. The van der Waals surface area contributed by atoms with Crippen molar-refractivity contribution >= 4 is 11.9 Å². The highest BCUT2D eigenvalue weighted by atomic mass is 16.5. The summed E-state index contributed by atoms with van der Waals surface area (Å²) in [5, 5.41) is 0. The van der Waals surface area contributed by atoms with E-state index in [1.54, 1.807) is 7.11 Å².